The number of carbonyl (C=O) groups excluding carboxylic acids is 1. The number of carbonyl (C=O) groups is 1. The van der Waals surface area contributed by atoms with Crippen LogP contribution in [0.5, 0.6) is 0 Å². The number of aryl methyl sites for hydroxylation is 1. The highest BCUT2D eigenvalue weighted by Gasteiger charge is 2.17. The number of benzene rings is 2. The van der Waals surface area contributed by atoms with Gasteiger partial charge in [-0.05, 0) is 30.2 Å². The molecule has 0 amide bonds. The minimum Gasteiger partial charge on any atom is -0.456 e. The monoisotopic (exact) mass is 356 g/mol. The molecule has 2 aromatic carbocycles. The van der Waals surface area contributed by atoms with Crippen LogP contribution in [0.2, 0.25) is 5.02 Å². The van der Waals surface area contributed by atoms with Crippen LogP contribution >= 0.6 is 11.6 Å². The maximum Gasteiger partial charge on any atom is 0.359 e. The summed E-state index contributed by atoms with van der Waals surface area (Å²) < 4.78 is 6.69. The third kappa shape index (κ3) is 3.72. The molecular formula is C19H17ClN2O3. The molecule has 1 aromatic heterocycles. The summed E-state index contributed by atoms with van der Waals surface area (Å²) in [6.45, 7) is 2.47. The molecule has 3 rings (SSSR count). The van der Waals surface area contributed by atoms with Crippen LogP contribution in [0.15, 0.2) is 53.3 Å². The van der Waals surface area contributed by atoms with Gasteiger partial charge in [-0.25, -0.2) is 9.48 Å². The first-order valence-corrected chi connectivity index (χ1v) is 8.39. The molecule has 0 N–H and O–H groups in total. The van der Waals surface area contributed by atoms with Crippen LogP contribution in [0.1, 0.15) is 29.4 Å². The van der Waals surface area contributed by atoms with Crippen molar-refractivity contribution in [1.29, 1.82) is 0 Å². The summed E-state index contributed by atoms with van der Waals surface area (Å²) in [4.78, 5) is 25.0. The Labute approximate surface area is 149 Å². The number of esters is 1. The van der Waals surface area contributed by atoms with Crippen molar-refractivity contribution in [2.75, 3.05) is 0 Å². The van der Waals surface area contributed by atoms with Crippen molar-refractivity contribution in [3.8, 4) is 0 Å². The fraction of sp³-hybridized carbons (Fsp3) is 0.211. The predicted molar refractivity (Wildman–Crippen MR) is 96.9 cm³/mol. The number of rotatable bonds is 5. The quantitative estimate of drug-likeness (QED) is 0.652. The average Bonchev–Trinajstić information content (AvgIpc) is 2.62. The van der Waals surface area contributed by atoms with Gasteiger partial charge in [0, 0.05) is 17.0 Å². The molecule has 0 saturated carbocycles. The molecule has 0 saturated heterocycles. The number of hydrogen-bond acceptors (Lipinski definition) is 4. The van der Waals surface area contributed by atoms with Gasteiger partial charge >= 0.3 is 5.97 Å². The van der Waals surface area contributed by atoms with Crippen molar-refractivity contribution < 1.29 is 9.53 Å². The molecule has 5 nitrogen and oxygen atoms in total. The third-order valence-corrected chi connectivity index (χ3v) is 3.99. The molecule has 0 unspecified atom stereocenters. The topological polar surface area (TPSA) is 61.2 Å². The highest BCUT2D eigenvalue weighted by Crippen LogP contribution is 2.16. The lowest BCUT2D eigenvalue weighted by Gasteiger charge is -2.10. The molecule has 0 atom stereocenters. The molecule has 3 aromatic rings. The van der Waals surface area contributed by atoms with E-state index in [0.717, 1.165) is 12.0 Å². The smallest absolute Gasteiger partial charge is 0.359 e. The molecule has 1 heterocycles. The number of hydrogen-bond donors (Lipinski definition) is 0. The summed E-state index contributed by atoms with van der Waals surface area (Å²) in [5, 5.41) is 5.76. The van der Waals surface area contributed by atoms with Crippen LogP contribution in [0.3, 0.4) is 0 Å². The maximum atomic E-state index is 12.6. The van der Waals surface area contributed by atoms with Gasteiger partial charge in [0.05, 0.1) is 5.39 Å². The van der Waals surface area contributed by atoms with Gasteiger partial charge < -0.3 is 4.74 Å². The second kappa shape index (κ2) is 7.49. The second-order valence-corrected chi connectivity index (χ2v) is 6.06. The molecule has 0 aliphatic rings. The lowest BCUT2D eigenvalue weighted by atomic mass is 10.1. The van der Waals surface area contributed by atoms with E-state index in [9.17, 15) is 9.59 Å². The van der Waals surface area contributed by atoms with Crippen molar-refractivity contribution in [2.45, 2.75) is 26.5 Å². The SMILES string of the molecule is CCCn1nc(C(=O)OCc2cccc(Cl)c2)c2ccccc2c1=O. The van der Waals surface area contributed by atoms with Crippen LogP contribution < -0.4 is 5.56 Å². The van der Waals surface area contributed by atoms with E-state index < -0.39 is 5.97 Å². The molecule has 128 valence electrons. The lowest BCUT2D eigenvalue weighted by Crippen LogP contribution is -2.26. The Morgan fingerprint density at radius 2 is 1.92 bits per heavy atom. The molecule has 0 fully saturated rings. The Morgan fingerprint density at radius 3 is 2.64 bits per heavy atom. The summed E-state index contributed by atoms with van der Waals surface area (Å²) >= 11 is 5.94. The molecule has 0 aliphatic carbocycles. The number of halogens is 1. The van der Waals surface area contributed by atoms with E-state index in [1.54, 1.807) is 42.5 Å². The number of ether oxygens (including phenoxy) is 1. The van der Waals surface area contributed by atoms with Crippen LogP contribution in [-0.4, -0.2) is 15.7 Å². The van der Waals surface area contributed by atoms with Crippen molar-refractivity contribution in [3.63, 3.8) is 0 Å². The van der Waals surface area contributed by atoms with Crippen molar-refractivity contribution in [1.82, 2.24) is 9.78 Å². The fourth-order valence-electron chi connectivity index (χ4n) is 2.59. The van der Waals surface area contributed by atoms with Crippen molar-refractivity contribution in [2.24, 2.45) is 0 Å². The Bertz CT molecular complexity index is 982. The van der Waals surface area contributed by atoms with E-state index in [4.69, 9.17) is 16.3 Å². The Balaban J connectivity index is 1.95. The number of fused-ring (bicyclic) bond motifs is 1. The Morgan fingerprint density at radius 1 is 1.16 bits per heavy atom. The van der Waals surface area contributed by atoms with E-state index in [2.05, 4.69) is 5.10 Å². The van der Waals surface area contributed by atoms with E-state index >= 15 is 0 Å². The van der Waals surface area contributed by atoms with Gasteiger partial charge in [0.25, 0.3) is 5.56 Å². The summed E-state index contributed by atoms with van der Waals surface area (Å²) in [6.07, 6.45) is 0.738. The van der Waals surface area contributed by atoms with Gasteiger partial charge in [-0.15, -0.1) is 0 Å². The van der Waals surface area contributed by atoms with Gasteiger partial charge in [0.15, 0.2) is 5.69 Å². The first-order valence-electron chi connectivity index (χ1n) is 8.01. The molecule has 0 bridgehead atoms. The summed E-state index contributed by atoms with van der Waals surface area (Å²) in [5.74, 6) is -0.568. The first kappa shape index (κ1) is 17.2. The minimum atomic E-state index is -0.568. The van der Waals surface area contributed by atoms with Gasteiger partial charge in [0.2, 0.25) is 0 Å². The van der Waals surface area contributed by atoms with E-state index in [0.29, 0.717) is 22.3 Å². The number of aromatic nitrogens is 2. The van der Waals surface area contributed by atoms with Crippen LogP contribution in [0.25, 0.3) is 10.8 Å². The van der Waals surface area contributed by atoms with Crippen molar-refractivity contribution in [3.05, 3.63) is 75.2 Å². The zero-order valence-electron chi connectivity index (χ0n) is 13.7. The zero-order chi connectivity index (χ0) is 17.8. The second-order valence-electron chi connectivity index (χ2n) is 5.63. The summed E-state index contributed by atoms with van der Waals surface area (Å²) in [5.41, 5.74) is 0.724. The molecular weight excluding hydrogens is 340 g/mol. The molecule has 6 heteroatoms. The van der Waals surface area contributed by atoms with Crippen LogP contribution in [0, 0.1) is 0 Å². The van der Waals surface area contributed by atoms with Gasteiger partial charge in [-0.3, -0.25) is 4.79 Å². The largest absolute Gasteiger partial charge is 0.456 e. The van der Waals surface area contributed by atoms with E-state index in [1.165, 1.54) is 4.68 Å². The highest BCUT2D eigenvalue weighted by molar-refractivity contribution is 6.30. The Kier molecular flexibility index (Phi) is 5.14. The standard InChI is InChI=1S/C19H17ClN2O3/c1-2-10-22-18(23)16-9-4-3-8-15(16)17(21-22)19(24)25-12-13-6-5-7-14(20)11-13/h3-9,11H,2,10,12H2,1H3. The minimum absolute atomic E-state index is 0.0856. The number of nitrogens with zero attached hydrogens (tertiary/aromatic N) is 2. The predicted octanol–water partition coefficient (Wildman–Crippen LogP) is 3.82. The Hall–Kier alpha value is -2.66. The van der Waals surface area contributed by atoms with Crippen LogP contribution in [0.4, 0.5) is 0 Å². The van der Waals surface area contributed by atoms with Crippen LogP contribution in [-0.2, 0) is 17.9 Å². The summed E-state index contributed by atoms with van der Waals surface area (Å²) in [6, 6.07) is 14.0. The maximum absolute atomic E-state index is 12.6. The normalized spacial score (nSPS) is 10.8. The fourth-order valence-corrected chi connectivity index (χ4v) is 2.81. The van der Waals surface area contributed by atoms with Crippen molar-refractivity contribution >= 4 is 28.3 Å². The zero-order valence-corrected chi connectivity index (χ0v) is 14.5. The lowest BCUT2D eigenvalue weighted by molar-refractivity contribution is 0.0465. The molecule has 25 heavy (non-hydrogen) atoms. The first-order chi connectivity index (χ1) is 12.1. The highest BCUT2D eigenvalue weighted by atomic mass is 35.5. The van der Waals surface area contributed by atoms with Gasteiger partial charge in [0.1, 0.15) is 6.61 Å². The molecule has 0 radical (unpaired) electrons. The molecule has 0 spiro atoms. The van der Waals surface area contributed by atoms with E-state index in [-0.39, 0.29) is 17.9 Å². The average molecular weight is 357 g/mol. The third-order valence-electron chi connectivity index (χ3n) is 3.76. The van der Waals surface area contributed by atoms with Gasteiger partial charge in [-0.1, -0.05) is 48.9 Å². The van der Waals surface area contributed by atoms with Gasteiger partial charge in [-0.2, -0.15) is 5.10 Å². The molecule has 0 aliphatic heterocycles. The van der Waals surface area contributed by atoms with E-state index in [1.807, 2.05) is 13.0 Å². The summed E-state index contributed by atoms with van der Waals surface area (Å²) in [7, 11) is 0.